The lowest BCUT2D eigenvalue weighted by molar-refractivity contribution is 0.889. The summed E-state index contributed by atoms with van der Waals surface area (Å²) in [5.41, 5.74) is 2.86. The summed E-state index contributed by atoms with van der Waals surface area (Å²) in [5.74, 6) is 0.814. The van der Waals surface area contributed by atoms with E-state index >= 15 is 0 Å². The monoisotopic (exact) mass is 239 g/mol. The molecular formula is C13H13N5. The molecule has 0 radical (unpaired) electrons. The Morgan fingerprint density at radius 2 is 2.11 bits per heavy atom. The number of aromatic nitrogens is 4. The molecule has 3 aromatic heterocycles. The molecule has 90 valence electrons. The highest BCUT2D eigenvalue weighted by molar-refractivity contribution is 5.45. The van der Waals surface area contributed by atoms with Crippen molar-refractivity contribution < 1.29 is 0 Å². The molecule has 0 unspecified atom stereocenters. The molecule has 0 fully saturated rings. The van der Waals surface area contributed by atoms with Crippen molar-refractivity contribution in [1.29, 1.82) is 0 Å². The Labute approximate surface area is 105 Å². The molecule has 3 rings (SSSR count). The number of imidazole rings is 1. The normalized spacial score (nSPS) is 10.7. The summed E-state index contributed by atoms with van der Waals surface area (Å²) in [5, 5.41) is 7.71. The van der Waals surface area contributed by atoms with Crippen molar-refractivity contribution in [2.24, 2.45) is 0 Å². The second-order valence-corrected chi connectivity index (χ2v) is 4.06. The van der Waals surface area contributed by atoms with Crippen molar-refractivity contribution in [2.45, 2.75) is 13.5 Å². The molecular weight excluding hydrogens is 226 g/mol. The molecule has 0 spiro atoms. The van der Waals surface area contributed by atoms with Crippen molar-refractivity contribution in [3.8, 4) is 0 Å². The number of hydrogen-bond donors (Lipinski definition) is 1. The van der Waals surface area contributed by atoms with Crippen molar-refractivity contribution in [1.82, 2.24) is 19.6 Å². The van der Waals surface area contributed by atoms with Gasteiger partial charge in [0.05, 0.1) is 24.1 Å². The van der Waals surface area contributed by atoms with Gasteiger partial charge in [-0.2, -0.15) is 0 Å². The predicted octanol–water partition coefficient (Wildman–Crippen LogP) is 2.04. The van der Waals surface area contributed by atoms with E-state index < -0.39 is 0 Å². The fourth-order valence-corrected chi connectivity index (χ4v) is 1.77. The zero-order chi connectivity index (χ0) is 12.4. The van der Waals surface area contributed by atoms with Gasteiger partial charge in [-0.3, -0.25) is 4.98 Å². The Hall–Kier alpha value is -2.43. The van der Waals surface area contributed by atoms with Crippen LogP contribution in [0.4, 0.5) is 5.82 Å². The molecule has 0 saturated carbocycles. The van der Waals surface area contributed by atoms with Crippen molar-refractivity contribution in [3.05, 3.63) is 54.1 Å². The topological polar surface area (TPSA) is 55.1 Å². The number of aryl methyl sites for hydroxylation is 1. The molecule has 0 bridgehead atoms. The highest BCUT2D eigenvalue weighted by atomic mass is 15.3. The van der Waals surface area contributed by atoms with Crippen LogP contribution in [0, 0.1) is 6.92 Å². The van der Waals surface area contributed by atoms with Crippen LogP contribution in [0.2, 0.25) is 0 Å². The summed E-state index contributed by atoms with van der Waals surface area (Å²) in [6, 6.07) is 9.72. The summed E-state index contributed by atoms with van der Waals surface area (Å²) in [7, 11) is 0. The van der Waals surface area contributed by atoms with Crippen molar-refractivity contribution in [3.63, 3.8) is 0 Å². The van der Waals surface area contributed by atoms with Gasteiger partial charge >= 0.3 is 0 Å². The average Bonchev–Trinajstić information content (AvgIpc) is 2.79. The molecule has 18 heavy (non-hydrogen) atoms. The molecule has 3 heterocycles. The molecule has 0 aliphatic rings. The molecule has 0 aliphatic carbocycles. The number of rotatable bonds is 3. The molecule has 0 atom stereocenters. The third-order valence-corrected chi connectivity index (χ3v) is 2.71. The standard InChI is InChI=1S/C13H13N5/c1-10-8-16-13-6-5-12(17-18(10)13)15-9-11-4-2-3-7-14-11/h2-8H,9H2,1H3,(H,15,17). The lowest BCUT2D eigenvalue weighted by Crippen LogP contribution is -2.05. The van der Waals surface area contributed by atoms with Crippen LogP contribution in [0.15, 0.2) is 42.7 Å². The van der Waals surface area contributed by atoms with E-state index in [1.807, 2.05) is 48.0 Å². The minimum absolute atomic E-state index is 0.660. The molecule has 5 nitrogen and oxygen atoms in total. The number of anilines is 1. The van der Waals surface area contributed by atoms with Crippen LogP contribution < -0.4 is 5.32 Å². The van der Waals surface area contributed by atoms with E-state index in [2.05, 4.69) is 20.4 Å². The van der Waals surface area contributed by atoms with Crippen molar-refractivity contribution >= 4 is 11.5 Å². The summed E-state index contributed by atoms with van der Waals surface area (Å²) in [4.78, 5) is 8.49. The smallest absolute Gasteiger partial charge is 0.153 e. The van der Waals surface area contributed by atoms with E-state index in [0.29, 0.717) is 6.54 Å². The zero-order valence-electron chi connectivity index (χ0n) is 10.0. The molecule has 0 aromatic carbocycles. The van der Waals surface area contributed by atoms with Crippen molar-refractivity contribution in [2.75, 3.05) is 5.32 Å². The summed E-state index contributed by atoms with van der Waals surface area (Å²) in [6.45, 7) is 2.64. The predicted molar refractivity (Wildman–Crippen MR) is 69.3 cm³/mol. The van der Waals surface area contributed by atoms with Crippen LogP contribution in [0.25, 0.3) is 5.65 Å². The molecule has 0 amide bonds. The highest BCUT2D eigenvalue weighted by Gasteiger charge is 2.01. The third-order valence-electron chi connectivity index (χ3n) is 2.71. The molecule has 0 saturated heterocycles. The van der Waals surface area contributed by atoms with E-state index in [-0.39, 0.29) is 0 Å². The van der Waals surface area contributed by atoms with Crippen LogP contribution in [0.3, 0.4) is 0 Å². The second-order valence-electron chi connectivity index (χ2n) is 4.06. The van der Waals surface area contributed by atoms with Gasteiger partial charge in [-0.25, -0.2) is 9.50 Å². The van der Waals surface area contributed by atoms with Gasteiger partial charge in [-0.15, -0.1) is 5.10 Å². The van der Waals surface area contributed by atoms with Gasteiger partial charge in [0.25, 0.3) is 0 Å². The first-order valence-corrected chi connectivity index (χ1v) is 5.78. The van der Waals surface area contributed by atoms with E-state index in [1.54, 1.807) is 6.20 Å². The van der Waals surface area contributed by atoms with E-state index in [9.17, 15) is 0 Å². The van der Waals surface area contributed by atoms with Gasteiger partial charge in [-0.05, 0) is 31.2 Å². The Morgan fingerprint density at radius 3 is 2.94 bits per heavy atom. The third kappa shape index (κ3) is 2.02. The first-order chi connectivity index (χ1) is 8.83. The zero-order valence-corrected chi connectivity index (χ0v) is 10.0. The number of nitrogens with one attached hydrogen (secondary N) is 1. The van der Waals surface area contributed by atoms with Gasteiger partial charge in [0.15, 0.2) is 5.65 Å². The van der Waals surface area contributed by atoms with Crippen LogP contribution in [0.5, 0.6) is 0 Å². The SMILES string of the molecule is Cc1cnc2ccc(NCc3ccccn3)nn12. The maximum absolute atomic E-state index is 4.47. The lowest BCUT2D eigenvalue weighted by Gasteiger charge is -2.05. The minimum Gasteiger partial charge on any atom is -0.363 e. The second kappa shape index (κ2) is 4.44. The van der Waals surface area contributed by atoms with Crippen LogP contribution >= 0.6 is 0 Å². The average molecular weight is 239 g/mol. The summed E-state index contributed by atoms with van der Waals surface area (Å²) >= 11 is 0. The highest BCUT2D eigenvalue weighted by Crippen LogP contribution is 2.09. The Bertz CT molecular complexity index is 659. The van der Waals surface area contributed by atoms with E-state index in [1.165, 1.54) is 0 Å². The fourth-order valence-electron chi connectivity index (χ4n) is 1.77. The van der Waals surface area contributed by atoms with Crippen LogP contribution in [0.1, 0.15) is 11.4 Å². The molecule has 0 aliphatic heterocycles. The fraction of sp³-hybridized carbons (Fsp3) is 0.154. The first kappa shape index (κ1) is 10.7. The Balaban J connectivity index is 1.80. The number of nitrogens with zero attached hydrogens (tertiary/aromatic N) is 4. The quantitative estimate of drug-likeness (QED) is 0.760. The lowest BCUT2D eigenvalue weighted by atomic mass is 10.3. The Morgan fingerprint density at radius 1 is 1.17 bits per heavy atom. The van der Waals surface area contributed by atoms with Gasteiger partial charge < -0.3 is 5.32 Å². The van der Waals surface area contributed by atoms with Gasteiger partial charge in [0.1, 0.15) is 5.82 Å². The van der Waals surface area contributed by atoms with Crippen LogP contribution in [-0.2, 0) is 6.54 Å². The maximum Gasteiger partial charge on any atom is 0.153 e. The molecule has 1 N–H and O–H groups in total. The van der Waals surface area contributed by atoms with Crippen LogP contribution in [-0.4, -0.2) is 19.6 Å². The molecule has 5 heteroatoms. The van der Waals surface area contributed by atoms with Gasteiger partial charge in [0, 0.05) is 6.20 Å². The summed E-state index contributed by atoms with van der Waals surface area (Å²) in [6.07, 6.45) is 3.60. The minimum atomic E-state index is 0.660. The number of hydrogen-bond acceptors (Lipinski definition) is 4. The maximum atomic E-state index is 4.47. The van der Waals surface area contributed by atoms with Gasteiger partial charge in [0.2, 0.25) is 0 Å². The largest absolute Gasteiger partial charge is 0.363 e. The molecule has 3 aromatic rings. The number of pyridine rings is 1. The first-order valence-electron chi connectivity index (χ1n) is 5.78. The Kier molecular flexibility index (Phi) is 2.64. The summed E-state index contributed by atoms with van der Waals surface area (Å²) < 4.78 is 1.82. The van der Waals surface area contributed by atoms with Gasteiger partial charge in [-0.1, -0.05) is 6.07 Å². The van der Waals surface area contributed by atoms with E-state index in [0.717, 1.165) is 22.9 Å². The number of fused-ring (bicyclic) bond motifs is 1. The van der Waals surface area contributed by atoms with E-state index in [4.69, 9.17) is 0 Å².